The number of carbonyl (C=O) groups excluding carboxylic acids is 2. The molecule has 1 aromatic heterocycles. The molecule has 2 amide bonds. The summed E-state index contributed by atoms with van der Waals surface area (Å²) in [5.41, 5.74) is 7.18. The summed E-state index contributed by atoms with van der Waals surface area (Å²) in [6, 6.07) is 1.91. The second-order valence-corrected chi connectivity index (χ2v) is 6.23. The highest BCUT2D eigenvalue weighted by Crippen LogP contribution is 2.19. The van der Waals surface area contributed by atoms with Gasteiger partial charge in [-0.25, -0.2) is 0 Å². The monoisotopic (exact) mass is 330 g/mol. The predicted octanol–water partition coefficient (Wildman–Crippen LogP) is 0.520. The molecule has 1 aliphatic heterocycles. The van der Waals surface area contributed by atoms with E-state index >= 15 is 0 Å². The quantitative estimate of drug-likeness (QED) is 0.836. The molecule has 24 heavy (non-hydrogen) atoms. The molecular weight excluding hydrogens is 308 g/mol. The van der Waals surface area contributed by atoms with Gasteiger partial charge in [-0.1, -0.05) is 0 Å². The Bertz CT molecular complexity index is 752. The number of nitrogens with two attached hydrogens (primary N) is 1. The van der Waals surface area contributed by atoms with Crippen molar-refractivity contribution in [1.29, 1.82) is 5.26 Å². The van der Waals surface area contributed by atoms with Crippen LogP contribution in [0, 0.1) is 31.1 Å². The number of pyridine rings is 1. The van der Waals surface area contributed by atoms with Gasteiger partial charge in [0.1, 0.15) is 11.6 Å². The molecule has 0 aromatic carbocycles. The summed E-state index contributed by atoms with van der Waals surface area (Å²) in [5.74, 6) is -0.428. The van der Waals surface area contributed by atoms with Crippen LogP contribution in [0.3, 0.4) is 0 Å². The standard InChI is InChI=1S/C17H22N4O3/c1-10-13(11(2)20-17(24)14(10)9-18)3-4-15(22)21-7-5-12(6-8-21)16(19)23/h12H,3-8H2,1-2H3,(H2,19,23)(H,20,24). The smallest absolute Gasteiger partial charge is 0.266 e. The first-order valence-electron chi connectivity index (χ1n) is 8.04. The first-order chi connectivity index (χ1) is 11.3. The van der Waals surface area contributed by atoms with Crippen molar-refractivity contribution in [2.45, 2.75) is 39.5 Å². The molecule has 0 atom stereocenters. The van der Waals surface area contributed by atoms with Gasteiger partial charge in [0.25, 0.3) is 5.56 Å². The van der Waals surface area contributed by atoms with Crippen molar-refractivity contribution in [3.05, 3.63) is 32.7 Å². The Morgan fingerprint density at radius 1 is 1.33 bits per heavy atom. The number of hydrogen-bond donors (Lipinski definition) is 2. The Morgan fingerprint density at radius 2 is 1.96 bits per heavy atom. The van der Waals surface area contributed by atoms with Gasteiger partial charge in [0, 0.05) is 31.1 Å². The summed E-state index contributed by atoms with van der Waals surface area (Å²) in [6.07, 6.45) is 1.99. The SMILES string of the molecule is Cc1[nH]c(=O)c(C#N)c(C)c1CCC(=O)N1CCC(C(N)=O)CC1. The Labute approximate surface area is 140 Å². The van der Waals surface area contributed by atoms with Gasteiger partial charge in [0.2, 0.25) is 11.8 Å². The van der Waals surface area contributed by atoms with Crippen LogP contribution in [-0.4, -0.2) is 34.8 Å². The number of H-pyrrole nitrogens is 1. The number of aromatic nitrogens is 1. The maximum atomic E-state index is 12.4. The number of hydrogen-bond acceptors (Lipinski definition) is 4. The minimum absolute atomic E-state index is 0.0152. The van der Waals surface area contributed by atoms with Gasteiger partial charge in [0.15, 0.2) is 0 Å². The third kappa shape index (κ3) is 3.65. The van der Waals surface area contributed by atoms with Crippen molar-refractivity contribution in [2.24, 2.45) is 11.7 Å². The van der Waals surface area contributed by atoms with E-state index in [1.807, 2.05) is 6.07 Å². The molecule has 3 N–H and O–H groups in total. The van der Waals surface area contributed by atoms with Gasteiger partial charge in [-0.15, -0.1) is 0 Å². The molecule has 2 rings (SSSR count). The predicted molar refractivity (Wildman–Crippen MR) is 88.1 cm³/mol. The van der Waals surface area contributed by atoms with E-state index in [1.165, 1.54) is 0 Å². The molecule has 0 radical (unpaired) electrons. The van der Waals surface area contributed by atoms with E-state index in [9.17, 15) is 14.4 Å². The van der Waals surface area contributed by atoms with Gasteiger partial charge in [-0.3, -0.25) is 14.4 Å². The molecule has 1 fully saturated rings. The van der Waals surface area contributed by atoms with Crippen LogP contribution in [0.2, 0.25) is 0 Å². The van der Waals surface area contributed by atoms with Crippen LogP contribution in [-0.2, 0) is 16.0 Å². The van der Waals surface area contributed by atoms with Crippen LogP contribution >= 0.6 is 0 Å². The zero-order valence-electron chi connectivity index (χ0n) is 14.0. The lowest BCUT2D eigenvalue weighted by Gasteiger charge is -2.30. The molecule has 0 bridgehead atoms. The minimum Gasteiger partial charge on any atom is -0.369 e. The van der Waals surface area contributed by atoms with Crippen LogP contribution in [0.1, 0.15) is 41.6 Å². The number of rotatable bonds is 4. The second-order valence-electron chi connectivity index (χ2n) is 6.23. The molecule has 0 aliphatic carbocycles. The molecule has 128 valence electrons. The number of nitrogens with zero attached hydrogens (tertiary/aromatic N) is 2. The highest BCUT2D eigenvalue weighted by Gasteiger charge is 2.25. The first kappa shape index (κ1) is 17.7. The van der Waals surface area contributed by atoms with Crippen LogP contribution < -0.4 is 11.3 Å². The second kappa shape index (κ2) is 7.30. The molecule has 1 aromatic rings. The number of amides is 2. The van der Waals surface area contributed by atoms with Gasteiger partial charge in [-0.2, -0.15) is 5.26 Å². The molecule has 7 nitrogen and oxygen atoms in total. The van der Waals surface area contributed by atoms with E-state index in [-0.39, 0.29) is 23.3 Å². The summed E-state index contributed by atoms with van der Waals surface area (Å²) < 4.78 is 0. The Kier molecular flexibility index (Phi) is 5.39. The van der Waals surface area contributed by atoms with E-state index in [1.54, 1.807) is 18.7 Å². The zero-order chi connectivity index (χ0) is 17.9. The van der Waals surface area contributed by atoms with E-state index in [2.05, 4.69) is 4.98 Å². The molecule has 1 aliphatic rings. The lowest BCUT2D eigenvalue weighted by atomic mass is 9.95. The van der Waals surface area contributed by atoms with Crippen molar-refractivity contribution in [2.75, 3.05) is 13.1 Å². The number of nitriles is 1. The van der Waals surface area contributed by atoms with E-state index in [4.69, 9.17) is 11.0 Å². The number of aromatic amines is 1. The van der Waals surface area contributed by atoms with Crippen molar-refractivity contribution in [3.63, 3.8) is 0 Å². The van der Waals surface area contributed by atoms with Crippen molar-refractivity contribution < 1.29 is 9.59 Å². The summed E-state index contributed by atoms with van der Waals surface area (Å²) in [4.78, 5) is 39.7. The minimum atomic E-state index is -0.392. The van der Waals surface area contributed by atoms with Gasteiger partial charge < -0.3 is 15.6 Å². The Balaban J connectivity index is 2.02. The van der Waals surface area contributed by atoms with Crippen molar-refractivity contribution >= 4 is 11.8 Å². The fourth-order valence-corrected chi connectivity index (χ4v) is 3.22. The van der Waals surface area contributed by atoms with Crippen molar-refractivity contribution in [3.8, 4) is 6.07 Å². The lowest BCUT2D eigenvalue weighted by molar-refractivity contribution is -0.134. The molecule has 7 heteroatoms. The summed E-state index contributed by atoms with van der Waals surface area (Å²) in [5, 5.41) is 9.08. The number of primary amides is 1. The number of likely N-dealkylation sites (tertiary alicyclic amines) is 1. The molecule has 2 heterocycles. The maximum absolute atomic E-state index is 12.4. The number of piperidine rings is 1. The molecule has 0 unspecified atom stereocenters. The number of nitrogens with one attached hydrogen (secondary N) is 1. The van der Waals surface area contributed by atoms with Gasteiger partial charge in [-0.05, 0) is 44.2 Å². The third-order valence-electron chi connectivity index (χ3n) is 4.76. The van der Waals surface area contributed by atoms with Crippen LogP contribution in [0.4, 0.5) is 0 Å². The number of carbonyl (C=O) groups is 2. The third-order valence-corrected chi connectivity index (χ3v) is 4.76. The maximum Gasteiger partial charge on any atom is 0.266 e. The van der Waals surface area contributed by atoms with Crippen LogP contribution in [0.25, 0.3) is 0 Å². The number of aryl methyl sites for hydroxylation is 1. The highest BCUT2D eigenvalue weighted by atomic mass is 16.2. The summed E-state index contributed by atoms with van der Waals surface area (Å²) >= 11 is 0. The fourth-order valence-electron chi connectivity index (χ4n) is 3.22. The average molecular weight is 330 g/mol. The molecule has 0 saturated carbocycles. The molecular formula is C17H22N4O3. The fraction of sp³-hybridized carbons (Fsp3) is 0.529. The largest absolute Gasteiger partial charge is 0.369 e. The zero-order valence-corrected chi connectivity index (χ0v) is 14.0. The topological polar surface area (TPSA) is 120 Å². The van der Waals surface area contributed by atoms with Crippen molar-refractivity contribution in [1.82, 2.24) is 9.88 Å². The molecule has 0 spiro atoms. The Hall–Kier alpha value is -2.62. The molecule has 1 saturated heterocycles. The van der Waals surface area contributed by atoms with Gasteiger partial charge >= 0.3 is 0 Å². The normalized spacial score (nSPS) is 15.1. The van der Waals surface area contributed by atoms with E-state index in [0.717, 1.165) is 5.56 Å². The summed E-state index contributed by atoms with van der Waals surface area (Å²) in [6.45, 7) is 4.59. The first-order valence-corrected chi connectivity index (χ1v) is 8.04. The van der Waals surface area contributed by atoms with Crippen LogP contribution in [0.15, 0.2) is 4.79 Å². The summed E-state index contributed by atoms with van der Waals surface area (Å²) in [7, 11) is 0. The van der Waals surface area contributed by atoms with E-state index < -0.39 is 5.56 Å². The van der Waals surface area contributed by atoms with E-state index in [0.29, 0.717) is 50.0 Å². The average Bonchev–Trinajstić information content (AvgIpc) is 2.54. The van der Waals surface area contributed by atoms with Crippen LogP contribution in [0.5, 0.6) is 0 Å². The van der Waals surface area contributed by atoms with Gasteiger partial charge in [0.05, 0.1) is 0 Å². The lowest BCUT2D eigenvalue weighted by Crippen LogP contribution is -2.41. The Morgan fingerprint density at radius 3 is 2.50 bits per heavy atom. The highest BCUT2D eigenvalue weighted by molar-refractivity contribution is 5.79.